The third-order valence-corrected chi connectivity index (χ3v) is 5.77. The number of likely N-dealkylation sites (tertiary alicyclic amines) is 1. The van der Waals surface area contributed by atoms with Gasteiger partial charge < -0.3 is 25.4 Å². The fourth-order valence-corrected chi connectivity index (χ4v) is 4.06. The second-order valence-corrected chi connectivity index (χ2v) is 7.79. The third-order valence-electron chi connectivity index (χ3n) is 5.77. The zero-order chi connectivity index (χ0) is 22.2. The molecule has 0 aliphatic carbocycles. The molecule has 7 nitrogen and oxygen atoms in total. The summed E-state index contributed by atoms with van der Waals surface area (Å²) >= 11 is 0. The molecule has 1 heterocycles. The van der Waals surface area contributed by atoms with Gasteiger partial charge in [-0.1, -0.05) is 18.2 Å². The van der Waals surface area contributed by atoms with Crippen LogP contribution in [-0.2, 0) is 13.0 Å². The normalized spacial score (nSPS) is 15.9. The Morgan fingerprint density at radius 1 is 1.03 bits per heavy atom. The number of piperidine rings is 1. The molecule has 3 N–H and O–H groups in total. The number of nitrogens with zero attached hydrogens (tertiary/aromatic N) is 1. The first-order chi connectivity index (χ1) is 15.0. The number of methoxy groups -OCH3 is 2. The van der Waals surface area contributed by atoms with Gasteiger partial charge in [0.15, 0.2) is 11.5 Å². The number of nitrogens with one attached hydrogen (secondary N) is 1. The standard InChI is InChI=1S/C24H31N3O4/c1-30-21-13-9-17(15-22(21)31-2)8-12-20-5-3-4-14-27(20)23(28)19-10-6-18(7-11-19)16-26-24(25)29/h6-7,9-11,13,15,20H,3-5,8,12,14,16H2,1-2H3,(H3,25,26,29). The molecule has 1 aliphatic rings. The summed E-state index contributed by atoms with van der Waals surface area (Å²) in [5.41, 5.74) is 7.85. The highest BCUT2D eigenvalue weighted by Gasteiger charge is 2.27. The summed E-state index contributed by atoms with van der Waals surface area (Å²) in [6, 6.07) is 13.0. The number of nitrogens with two attached hydrogens (primary N) is 1. The van der Waals surface area contributed by atoms with Crippen molar-refractivity contribution in [2.45, 2.75) is 44.7 Å². The maximum absolute atomic E-state index is 13.2. The monoisotopic (exact) mass is 425 g/mol. The van der Waals surface area contributed by atoms with Crippen LogP contribution in [0.3, 0.4) is 0 Å². The Labute approximate surface area is 183 Å². The minimum absolute atomic E-state index is 0.0615. The van der Waals surface area contributed by atoms with E-state index >= 15 is 0 Å². The lowest BCUT2D eigenvalue weighted by atomic mass is 9.94. The van der Waals surface area contributed by atoms with Gasteiger partial charge in [0.1, 0.15) is 0 Å². The lowest BCUT2D eigenvalue weighted by Crippen LogP contribution is -2.44. The van der Waals surface area contributed by atoms with Gasteiger partial charge in [-0.15, -0.1) is 0 Å². The molecule has 1 fully saturated rings. The summed E-state index contributed by atoms with van der Waals surface area (Å²) in [6.45, 7) is 1.13. The number of hydrogen-bond acceptors (Lipinski definition) is 4. The van der Waals surface area contributed by atoms with Crippen LogP contribution in [-0.4, -0.2) is 43.6 Å². The molecule has 166 valence electrons. The van der Waals surface area contributed by atoms with Crippen molar-refractivity contribution in [3.05, 3.63) is 59.2 Å². The molecule has 1 aliphatic heterocycles. The van der Waals surface area contributed by atoms with E-state index in [9.17, 15) is 9.59 Å². The molecule has 3 amide bonds. The first-order valence-electron chi connectivity index (χ1n) is 10.7. The molecule has 0 aromatic heterocycles. The predicted octanol–water partition coefficient (Wildman–Crippen LogP) is 3.50. The molecule has 0 spiro atoms. The Hall–Kier alpha value is -3.22. The molecule has 1 saturated heterocycles. The number of ether oxygens (including phenoxy) is 2. The number of urea groups is 1. The van der Waals surface area contributed by atoms with E-state index in [2.05, 4.69) is 11.4 Å². The number of hydrogen-bond donors (Lipinski definition) is 2. The van der Waals surface area contributed by atoms with Crippen LogP contribution in [0.5, 0.6) is 11.5 Å². The van der Waals surface area contributed by atoms with Crippen LogP contribution < -0.4 is 20.5 Å². The number of primary amides is 1. The van der Waals surface area contributed by atoms with Crippen LogP contribution in [0.25, 0.3) is 0 Å². The van der Waals surface area contributed by atoms with Crippen LogP contribution in [0.15, 0.2) is 42.5 Å². The minimum atomic E-state index is -0.564. The van der Waals surface area contributed by atoms with E-state index < -0.39 is 6.03 Å². The van der Waals surface area contributed by atoms with Gasteiger partial charge in [-0.2, -0.15) is 0 Å². The Balaban J connectivity index is 1.64. The average molecular weight is 426 g/mol. The molecular formula is C24H31N3O4. The Morgan fingerprint density at radius 2 is 1.74 bits per heavy atom. The van der Waals surface area contributed by atoms with E-state index in [-0.39, 0.29) is 11.9 Å². The van der Waals surface area contributed by atoms with Gasteiger partial charge in [0.25, 0.3) is 5.91 Å². The highest BCUT2D eigenvalue weighted by atomic mass is 16.5. The summed E-state index contributed by atoms with van der Waals surface area (Å²) in [5.74, 6) is 1.50. The number of carbonyl (C=O) groups is 2. The topological polar surface area (TPSA) is 93.9 Å². The molecule has 7 heteroatoms. The van der Waals surface area contributed by atoms with E-state index in [0.717, 1.165) is 55.7 Å². The van der Waals surface area contributed by atoms with Crippen LogP contribution in [0.2, 0.25) is 0 Å². The van der Waals surface area contributed by atoms with Crippen molar-refractivity contribution in [2.75, 3.05) is 20.8 Å². The maximum Gasteiger partial charge on any atom is 0.312 e. The van der Waals surface area contributed by atoms with Crippen molar-refractivity contribution < 1.29 is 19.1 Å². The number of rotatable bonds is 8. The summed E-state index contributed by atoms with van der Waals surface area (Å²) in [5, 5.41) is 2.56. The van der Waals surface area contributed by atoms with Crippen LogP contribution in [0, 0.1) is 0 Å². The Bertz CT molecular complexity index is 898. The van der Waals surface area contributed by atoms with Crippen LogP contribution >= 0.6 is 0 Å². The average Bonchev–Trinajstić information content (AvgIpc) is 2.81. The van der Waals surface area contributed by atoms with E-state index in [1.165, 1.54) is 5.56 Å². The molecule has 1 unspecified atom stereocenters. The SMILES string of the molecule is COc1ccc(CCC2CCCCN2C(=O)c2ccc(CNC(N)=O)cc2)cc1OC. The molecular weight excluding hydrogens is 394 g/mol. The second kappa shape index (κ2) is 10.7. The lowest BCUT2D eigenvalue weighted by Gasteiger charge is -2.36. The molecule has 0 radical (unpaired) electrons. The van der Waals surface area contributed by atoms with Crippen molar-refractivity contribution >= 4 is 11.9 Å². The molecule has 31 heavy (non-hydrogen) atoms. The minimum Gasteiger partial charge on any atom is -0.493 e. The van der Waals surface area contributed by atoms with Crippen molar-refractivity contribution in [3.63, 3.8) is 0 Å². The van der Waals surface area contributed by atoms with Gasteiger partial charge in [-0.3, -0.25) is 4.79 Å². The first-order valence-corrected chi connectivity index (χ1v) is 10.7. The van der Waals surface area contributed by atoms with Gasteiger partial charge in [-0.25, -0.2) is 4.79 Å². The van der Waals surface area contributed by atoms with Gasteiger partial charge in [0, 0.05) is 24.7 Å². The lowest BCUT2D eigenvalue weighted by molar-refractivity contribution is 0.0602. The Kier molecular flexibility index (Phi) is 7.76. The van der Waals surface area contributed by atoms with Gasteiger partial charge in [0.2, 0.25) is 0 Å². The smallest absolute Gasteiger partial charge is 0.312 e. The van der Waals surface area contributed by atoms with Crippen LogP contribution in [0.1, 0.15) is 47.2 Å². The number of amides is 3. The van der Waals surface area contributed by atoms with Gasteiger partial charge in [-0.05, 0) is 67.5 Å². The fraction of sp³-hybridized carbons (Fsp3) is 0.417. The summed E-state index contributed by atoms with van der Waals surface area (Å²) in [6.07, 6.45) is 4.95. The van der Waals surface area contributed by atoms with Crippen molar-refractivity contribution in [1.29, 1.82) is 0 Å². The van der Waals surface area contributed by atoms with Gasteiger partial charge in [0.05, 0.1) is 14.2 Å². The van der Waals surface area contributed by atoms with E-state index in [1.54, 1.807) is 14.2 Å². The first kappa shape index (κ1) is 22.5. The Morgan fingerprint density at radius 3 is 2.42 bits per heavy atom. The van der Waals surface area contributed by atoms with Crippen molar-refractivity contribution in [3.8, 4) is 11.5 Å². The quantitative estimate of drug-likeness (QED) is 0.677. The highest BCUT2D eigenvalue weighted by molar-refractivity contribution is 5.94. The van der Waals surface area contributed by atoms with E-state index in [4.69, 9.17) is 15.2 Å². The predicted molar refractivity (Wildman–Crippen MR) is 119 cm³/mol. The molecule has 0 bridgehead atoms. The van der Waals surface area contributed by atoms with Crippen molar-refractivity contribution in [1.82, 2.24) is 10.2 Å². The molecule has 2 aromatic rings. The second-order valence-electron chi connectivity index (χ2n) is 7.79. The third kappa shape index (κ3) is 5.90. The number of aryl methyl sites for hydroxylation is 1. The summed E-state index contributed by atoms with van der Waals surface area (Å²) in [7, 11) is 3.27. The molecule has 1 atom stereocenters. The molecule has 3 rings (SSSR count). The van der Waals surface area contributed by atoms with E-state index in [0.29, 0.717) is 12.1 Å². The molecule has 0 saturated carbocycles. The highest BCUT2D eigenvalue weighted by Crippen LogP contribution is 2.29. The van der Waals surface area contributed by atoms with Gasteiger partial charge >= 0.3 is 6.03 Å². The van der Waals surface area contributed by atoms with Crippen LogP contribution in [0.4, 0.5) is 4.79 Å². The molecule has 2 aromatic carbocycles. The van der Waals surface area contributed by atoms with Crippen molar-refractivity contribution in [2.24, 2.45) is 5.73 Å². The zero-order valence-electron chi connectivity index (χ0n) is 18.2. The fourth-order valence-electron chi connectivity index (χ4n) is 4.06. The number of benzene rings is 2. The summed E-state index contributed by atoms with van der Waals surface area (Å²) < 4.78 is 10.7. The summed E-state index contributed by atoms with van der Waals surface area (Å²) in [4.78, 5) is 26.1. The zero-order valence-corrected chi connectivity index (χ0v) is 18.2. The largest absolute Gasteiger partial charge is 0.493 e. The maximum atomic E-state index is 13.2. The van der Waals surface area contributed by atoms with E-state index in [1.807, 2.05) is 41.3 Å². The number of carbonyl (C=O) groups excluding carboxylic acids is 2.